The summed E-state index contributed by atoms with van der Waals surface area (Å²) in [7, 11) is 0. The summed E-state index contributed by atoms with van der Waals surface area (Å²) >= 11 is 0. The second-order valence-electron chi connectivity index (χ2n) is 5.88. The fourth-order valence-corrected chi connectivity index (χ4v) is 3.13. The van der Waals surface area contributed by atoms with Gasteiger partial charge in [-0.15, -0.1) is 0 Å². The highest BCUT2D eigenvalue weighted by atomic mass is 19.1. The molecule has 3 atom stereocenters. The number of hydrogen-bond acceptors (Lipinski definition) is 5. The van der Waals surface area contributed by atoms with Gasteiger partial charge in [0.05, 0.1) is 11.8 Å². The zero-order valence-corrected chi connectivity index (χ0v) is 12.0. The molecule has 114 valence electrons. The standard InChI is InChI=1S/C15H20FN3O2/c1-9(20)7-19-5-4-11(13(17)8-19)15-12-3-2-10(16)6-14(12)21-18-15/h2-3,6,9,11,13,20H,4-5,7-8,17H2,1H3. The number of likely N-dealkylation sites (tertiary alicyclic amines) is 1. The number of piperidine rings is 1. The minimum absolute atomic E-state index is 0.0733. The number of aromatic nitrogens is 1. The van der Waals surface area contributed by atoms with Crippen molar-refractivity contribution < 1.29 is 14.0 Å². The molecule has 0 bridgehead atoms. The second kappa shape index (κ2) is 5.71. The summed E-state index contributed by atoms with van der Waals surface area (Å²) in [5.41, 5.74) is 7.55. The van der Waals surface area contributed by atoms with Crippen molar-refractivity contribution in [1.82, 2.24) is 10.1 Å². The first-order valence-corrected chi connectivity index (χ1v) is 7.25. The van der Waals surface area contributed by atoms with Crippen LogP contribution in [0.2, 0.25) is 0 Å². The van der Waals surface area contributed by atoms with E-state index in [4.69, 9.17) is 10.3 Å². The average Bonchev–Trinajstić information content (AvgIpc) is 2.81. The third-order valence-electron chi connectivity index (χ3n) is 4.08. The first-order chi connectivity index (χ1) is 10.0. The Labute approximate surface area is 122 Å². The van der Waals surface area contributed by atoms with E-state index in [0.717, 1.165) is 24.0 Å². The van der Waals surface area contributed by atoms with Crippen molar-refractivity contribution in [2.75, 3.05) is 19.6 Å². The first kappa shape index (κ1) is 14.4. The Balaban J connectivity index is 1.80. The zero-order valence-electron chi connectivity index (χ0n) is 12.0. The number of halogens is 1. The Morgan fingerprint density at radius 3 is 3.10 bits per heavy atom. The van der Waals surface area contributed by atoms with Gasteiger partial charge in [-0.2, -0.15) is 0 Å². The predicted octanol–water partition coefficient (Wildman–Crippen LogP) is 1.46. The smallest absolute Gasteiger partial charge is 0.170 e. The lowest BCUT2D eigenvalue weighted by Gasteiger charge is -2.36. The molecule has 1 aliphatic rings. The van der Waals surface area contributed by atoms with Gasteiger partial charge in [-0.05, 0) is 32.0 Å². The van der Waals surface area contributed by atoms with E-state index in [-0.39, 0.29) is 23.9 Å². The third kappa shape index (κ3) is 2.92. The van der Waals surface area contributed by atoms with Crippen LogP contribution >= 0.6 is 0 Å². The second-order valence-corrected chi connectivity index (χ2v) is 5.88. The number of aliphatic hydroxyl groups excluding tert-OH is 1. The van der Waals surface area contributed by atoms with Crippen molar-refractivity contribution in [3.05, 3.63) is 29.7 Å². The fourth-order valence-electron chi connectivity index (χ4n) is 3.13. The lowest BCUT2D eigenvalue weighted by atomic mass is 9.87. The van der Waals surface area contributed by atoms with E-state index < -0.39 is 0 Å². The minimum atomic E-state index is -0.357. The van der Waals surface area contributed by atoms with Crippen molar-refractivity contribution in [1.29, 1.82) is 0 Å². The maximum atomic E-state index is 13.2. The van der Waals surface area contributed by atoms with E-state index in [1.165, 1.54) is 12.1 Å². The molecular formula is C15H20FN3O2. The van der Waals surface area contributed by atoms with Gasteiger partial charge in [0.25, 0.3) is 0 Å². The van der Waals surface area contributed by atoms with E-state index in [1.54, 1.807) is 13.0 Å². The van der Waals surface area contributed by atoms with Crippen molar-refractivity contribution in [3.8, 4) is 0 Å². The minimum Gasteiger partial charge on any atom is -0.392 e. The Bertz CT molecular complexity index is 628. The van der Waals surface area contributed by atoms with Gasteiger partial charge in [-0.3, -0.25) is 4.90 Å². The van der Waals surface area contributed by atoms with Crippen LogP contribution in [-0.4, -0.2) is 46.9 Å². The van der Waals surface area contributed by atoms with E-state index in [0.29, 0.717) is 18.7 Å². The van der Waals surface area contributed by atoms with Gasteiger partial charge in [0, 0.05) is 36.5 Å². The van der Waals surface area contributed by atoms with E-state index >= 15 is 0 Å². The summed E-state index contributed by atoms with van der Waals surface area (Å²) in [4.78, 5) is 2.16. The van der Waals surface area contributed by atoms with Crippen molar-refractivity contribution in [2.24, 2.45) is 5.73 Å². The van der Waals surface area contributed by atoms with Gasteiger partial charge < -0.3 is 15.4 Å². The van der Waals surface area contributed by atoms with E-state index in [1.807, 2.05) is 0 Å². The Morgan fingerprint density at radius 1 is 1.57 bits per heavy atom. The van der Waals surface area contributed by atoms with Gasteiger partial charge >= 0.3 is 0 Å². The molecule has 1 fully saturated rings. The van der Waals surface area contributed by atoms with Crippen LogP contribution in [-0.2, 0) is 0 Å². The van der Waals surface area contributed by atoms with Gasteiger partial charge in [0.2, 0.25) is 0 Å². The van der Waals surface area contributed by atoms with Crippen molar-refractivity contribution in [2.45, 2.75) is 31.4 Å². The summed E-state index contributed by atoms with van der Waals surface area (Å²) < 4.78 is 18.4. The molecule has 21 heavy (non-hydrogen) atoms. The molecule has 2 heterocycles. The van der Waals surface area contributed by atoms with Crippen LogP contribution in [0.5, 0.6) is 0 Å². The predicted molar refractivity (Wildman–Crippen MR) is 77.4 cm³/mol. The molecule has 3 N–H and O–H groups in total. The molecule has 3 unspecified atom stereocenters. The average molecular weight is 293 g/mol. The number of rotatable bonds is 3. The normalized spacial score (nSPS) is 25.3. The Kier molecular flexibility index (Phi) is 3.93. The van der Waals surface area contributed by atoms with Gasteiger partial charge in [-0.25, -0.2) is 4.39 Å². The number of nitrogens with two attached hydrogens (primary N) is 1. The highest BCUT2D eigenvalue weighted by molar-refractivity contribution is 5.80. The number of β-amino-alcohol motifs (C(OH)–C–C–N with tert-alkyl or cyclic N) is 1. The zero-order chi connectivity index (χ0) is 15.0. The SMILES string of the molecule is CC(O)CN1CCC(c2noc3cc(F)ccc23)C(N)C1. The van der Waals surface area contributed by atoms with E-state index in [9.17, 15) is 9.50 Å². The largest absolute Gasteiger partial charge is 0.392 e. The highest BCUT2D eigenvalue weighted by Crippen LogP contribution is 2.32. The van der Waals surface area contributed by atoms with Gasteiger partial charge in [0.1, 0.15) is 5.82 Å². The quantitative estimate of drug-likeness (QED) is 0.896. The summed E-state index contributed by atoms with van der Waals surface area (Å²) in [6.07, 6.45) is 0.497. The van der Waals surface area contributed by atoms with Crippen LogP contribution in [0.3, 0.4) is 0 Å². The van der Waals surface area contributed by atoms with Crippen LogP contribution in [0, 0.1) is 5.82 Å². The van der Waals surface area contributed by atoms with Gasteiger partial charge in [0.15, 0.2) is 5.58 Å². The maximum Gasteiger partial charge on any atom is 0.170 e. The lowest BCUT2D eigenvalue weighted by molar-refractivity contribution is 0.101. The van der Waals surface area contributed by atoms with Gasteiger partial charge in [-0.1, -0.05) is 5.16 Å². The number of benzene rings is 1. The molecule has 6 heteroatoms. The molecule has 2 aromatic rings. The summed E-state index contributed by atoms with van der Waals surface area (Å²) in [5.74, 6) is -0.233. The molecule has 1 aromatic heterocycles. The molecule has 0 radical (unpaired) electrons. The van der Waals surface area contributed by atoms with Crippen molar-refractivity contribution in [3.63, 3.8) is 0 Å². The van der Waals surface area contributed by atoms with E-state index in [2.05, 4.69) is 10.1 Å². The fraction of sp³-hybridized carbons (Fsp3) is 0.533. The molecule has 5 nitrogen and oxygen atoms in total. The molecule has 0 aliphatic carbocycles. The maximum absolute atomic E-state index is 13.2. The molecule has 0 amide bonds. The van der Waals surface area contributed by atoms with Crippen LogP contribution in [0.4, 0.5) is 4.39 Å². The molecule has 1 saturated heterocycles. The van der Waals surface area contributed by atoms with Crippen LogP contribution in [0.25, 0.3) is 11.0 Å². The number of hydrogen-bond donors (Lipinski definition) is 2. The van der Waals surface area contributed by atoms with Crippen molar-refractivity contribution >= 4 is 11.0 Å². The topological polar surface area (TPSA) is 75.5 Å². The van der Waals surface area contributed by atoms with Crippen LogP contribution < -0.4 is 5.73 Å². The molecular weight excluding hydrogens is 273 g/mol. The van der Waals surface area contributed by atoms with Crippen LogP contribution in [0.15, 0.2) is 22.7 Å². The Hall–Kier alpha value is -1.50. The number of aliphatic hydroxyl groups is 1. The molecule has 1 aromatic carbocycles. The van der Waals surface area contributed by atoms with Crippen LogP contribution in [0.1, 0.15) is 25.0 Å². The number of nitrogens with zero attached hydrogens (tertiary/aromatic N) is 2. The summed E-state index contributed by atoms with van der Waals surface area (Å²) in [5, 5.41) is 14.4. The molecule has 0 spiro atoms. The third-order valence-corrected chi connectivity index (χ3v) is 4.08. The number of fused-ring (bicyclic) bond motifs is 1. The molecule has 0 saturated carbocycles. The first-order valence-electron chi connectivity index (χ1n) is 7.25. The molecule has 3 rings (SSSR count). The summed E-state index contributed by atoms with van der Waals surface area (Å²) in [6.45, 7) is 3.98. The highest BCUT2D eigenvalue weighted by Gasteiger charge is 2.31. The Morgan fingerprint density at radius 2 is 2.38 bits per heavy atom. The lowest BCUT2D eigenvalue weighted by Crippen LogP contribution is -2.49. The molecule has 1 aliphatic heterocycles. The summed E-state index contributed by atoms with van der Waals surface area (Å²) in [6, 6.07) is 4.39. The monoisotopic (exact) mass is 293 g/mol.